The van der Waals surface area contributed by atoms with Crippen molar-refractivity contribution in [2.75, 3.05) is 26.2 Å². The molecule has 1 atom stereocenters. The second-order valence-electron chi connectivity index (χ2n) is 5.27. The van der Waals surface area contributed by atoms with E-state index in [1.807, 2.05) is 4.90 Å². The Morgan fingerprint density at radius 1 is 1.05 bits per heavy atom. The summed E-state index contributed by atoms with van der Waals surface area (Å²) in [6.07, 6.45) is 1.72. The van der Waals surface area contributed by atoms with Crippen LogP contribution in [0.5, 0.6) is 0 Å². The summed E-state index contributed by atoms with van der Waals surface area (Å²) in [7, 11) is 0. The van der Waals surface area contributed by atoms with Crippen LogP contribution in [0.25, 0.3) is 0 Å². The lowest BCUT2D eigenvalue weighted by atomic mass is 9.98. The molecule has 1 unspecified atom stereocenters. The second-order valence-corrected chi connectivity index (χ2v) is 5.27. The maximum Gasteiger partial charge on any atom is 0.251 e. The van der Waals surface area contributed by atoms with Crippen molar-refractivity contribution >= 4 is 11.8 Å². The van der Waals surface area contributed by atoms with Gasteiger partial charge in [-0.05, 0) is 12.8 Å². The van der Waals surface area contributed by atoms with Gasteiger partial charge in [0, 0.05) is 32.6 Å². The fraction of sp³-hybridized carbons (Fsp3) is 0.857. The van der Waals surface area contributed by atoms with E-state index in [0.717, 1.165) is 12.8 Å². The minimum Gasteiger partial charge on any atom is -0.384 e. The maximum absolute atomic E-state index is 12.1. The molecule has 0 bridgehead atoms. The summed E-state index contributed by atoms with van der Waals surface area (Å²) in [4.78, 5) is 27.2. The molecule has 0 aliphatic carbocycles. The first-order valence-electron chi connectivity index (χ1n) is 7.24. The second kappa shape index (κ2) is 7.48. The molecule has 0 aromatic rings. The number of carbonyl (C=O) groups excluding carboxylic acids is 2. The van der Waals surface area contributed by atoms with Crippen molar-refractivity contribution in [2.45, 2.75) is 46.1 Å². The Labute approximate surface area is 115 Å². The van der Waals surface area contributed by atoms with Gasteiger partial charge in [-0.15, -0.1) is 0 Å². The predicted octanol–water partition coefficient (Wildman–Crippen LogP) is 0.864. The molecular weight excluding hydrogens is 244 g/mol. The fourth-order valence-electron chi connectivity index (χ4n) is 2.39. The van der Waals surface area contributed by atoms with Gasteiger partial charge in [-0.2, -0.15) is 0 Å². The third-order valence-corrected chi connectivity index (χ3v) is 3.92. The van der Waals surface area contributed by atoms with Gasteiger partial charge in [-0.1, -0.05) is 26.7 Å². The van der Waals surface area contributed by atoms with Gasteiger partial charge in [0.05, 0.1) is 0 Å². The summed E-state index contributed by atoms with van der Waals surface area (Å²) in [5.41, 5.74) is 0. The molecule has 0 spiro atoms. The molecule has 1 N–H and O–H groups in total. The van der Waals surface area contributed by atoms with E-state index >= 15 is 0 Å². The van der Waals surface area contributed by atoms with Crippen molar-refractivity contribution in [3.63, 3.8) is 0 Å². The summed E-state index contributed by atoms with van der Waals surface area (Å²) in [5.74, 6) is 0.412. The zero-order valence-electron chi connectivity index (χ0n) is 12.3. The Hall–Kier alpha value is -1.10. The number of aliphatic hydroxyl groups excluding tert-OH is 1. The van der Waals surface area contributed by atoms with E-state index in [0.29, 0.717) is 38.5 Å². The molecule has 1 aliphatic rings. The van der Waals surface area contributed by atoms with E-state index in [4.69, 9.17) is 0 Å². The molecule has 1 saturated heterocycles. The molecule has 5 heteroatoms. The Morgan fingerprint density at radius 2 is 1.53 bits per heavy atom. The van der Waals surface area contributed by atoms with Gasteiger partial charge in [0.25, 0.3) is 5.91 Å². The average Bonchev–Trinajstić information content (AvgIpc) is 2.43. The third kappa shape index (κ3) is 4.49. The Bertz CT molecular complexity index is 306. The Kier molecular flexibility index (Phi) is 6.28. The number of rotatable bonds is 5. The number of aliphatic hydroxyl groups is 1. The molecule has 0 aromatic carbocycles. The standard InChI is InChI=1S/C14H26N2O3/c1-4-12(5-2)10-13(18)15-6-8-16(9-7-15)14(19)11(3)17/h11-12,17H,4-10H2,1-3H3. The van der Waals surface area contributed by atoms with Crippen molar-refractivity contribution in [3.8, 4) is 0 Å². The monoisotopic (exact) mass is 270 g/mol. The summed E-state index contributed by atoms with van der Waals surface area (Å²) in [5, 5.41) is 9.26. The highest BCUT2D eigenvalue weighted by atomic mass is 16.3. The van der Waals surface area contributed by atoms with Crippen molar-refractivity contribution in [3.05, 3.63) is 0 Å². The first kappa shape index (κ1) is 16.0. The SMILES string of the molecule is CCC(CC)CC(=O)N1CCN(C(=O)C(C)O)CC1. The molecule has 1 heterocycles. The van der Waals surface area contributed by atoms with Crippen molar-refractivity contribution in [1.29, 1.82) is 0 Å². The van der Waals surface area contributed by atoms with Crippen LogP contribution in [-0.2, 0) is 9.59 Å². The number of hydrogen-bond donors (Lipinski definition) is 1. The quantitative estimate of drug-likeness (QED) is 0.806. The van der Waals surface area contributed by atoms with E-state index in [2.05, 4.69) is 13.8 Å². The molecule has 1 fully saturated rings. The van der Waals surface area contributed by atoms with E-state index in [-0.39, 0.29) is 11.8 Å². The number of piperazine rings is 1. The molecule has 1 rings (SSSR count). The highest BCUT2D eigenvalue weighted by Crippen LogP contribution is 2.15. The normalized spacial score (nSPS) is 17.7. The summed E-state index contributed by atoms with van der Waals surface area (Å²) in [6.45, 7) is 7.92. The molecule has 0 aromatic heterocycles. The van der Waals surface area contributed by atoms with Gasteiger partial charge in [0.1, 0.15) is 6.10 Å². The van der Waals surface area contributed by atoms with Gasteiger partial charge in [0.15, 0.2) is 0 Å². The number of carbonyl (C=O) groups is 2. The van der Waals surface area contributed by atoms with Gasteiger partial charge in [0.2, 0.25) is 5.91 Å². The van der Waals surface area contributed by atoms with Crippen LogP contribution in [-0.4, -0.2) is 59.0 Å². The van der Waals surface area contributed by atoms with Crippen LogP contribution in [0.3, 0.4) is 0 Å². The lowest BCUT2D eigenvalue weighted by molar-refractivity contribution is -0.145. The van der Waals surface area contributed by atoms with Crippen LogP contribution >= 0.6 is 0 Å². The van der Waals surface area contributed by atoms with Crippen molar-refractivity contribution in [2.24, 2.45) is 5.92 Å². The minimum absolute atomic E-state index is 0.192. The number of nitrogens with zero attached hydrogens (tertiary/aromatic N) is 2. The van der Waals surface area contributed by atoms with Crippen molar-refractivity contribution in [1.82, 2.24) is 9.80 Å². The number of hydrogen-bond acceptors (Lipinski definition) is 3. The zero-order valence-corrected chi connectivity index (χ0v) is 12.3. The largest absolute Gasteiger partial charge is 0.384 e. The molecule has 2 amide bonds. The summed E-state index contributed by atoms with van der Waals surface area (Å²) in [6, 6.07) is 0. The van der Waals surface area contributed by atoms with Gasteiger partial charge in [-0.25, -0.2) is 0 Å². The summed E-state index contributed by atoms with van der Waals surface area (Å²) < 4.78 is 0. The lowest BCUT2D eigenvalue weighted by Gasteiger charge is -2.35. The first-order chi connectivity index (χ1) is 8.99. The van der Waals surface area contributed by atoms with Crippen LogP contribution in [0.15, 0.2) is 0 Å². The van der Waals surface area contributed by atoms with Crippen molar-refractivity contribution < 1.29 is 14.7 Å². The first-order valence-corrected chi connectivity index (χ1v) is 7.24. The van der Waals surface area contributed by atoms with Crippen LogP contribution in [0.1, 0.15) is 40.0 Å². The van der Waals surface area contributed by atoms with Crippen LogP contribution in [0, 0.1) is 5.92 Å². The Morgan fingerprint density at radius 3 is 1.95 bits per heavy atom. The maximum atomic E-state index is 12.1. The predicted molar refractivity (Wildman–Crippen MR) is 73.5 cm³/mol. The molecular formula is C14H26N2O3. The molecule has 110 valence electrons. The molecule has 0 saturated carbocycles. The summed E-state index contributed by atoms with van der Waals surface area (Å²) >= 11 is 0. The van der Waals surface area contributed by atoms with Crippen LogP contribution in [0.4, 0.5) is 0 Å². The smallest absolute Gasteiger partial charge is 0.251 e. The van der Waals surface area contributed by atoms with E-state index < -0.39 is 6.10 Å². The third-order valence-electron chi connectivity index (χ3n) is 3.92. The molecule has 1 aliphatic heterocycles. The Balaban J connectivity index is 2.41. The molecule has 19 heavy (non-hydrogen) atoms. The molecule has 0 radical (unpaired) electrons. The highest BCUT2D eigenvalue weighted by molar-refractivity contribution is 5.81. The van der Waals surface area contributed by atoms with Gasteiger partial charge in [-0.3, -0.25) is 9.59 Å². The number of amides is 2. The zero-order chi connectivity index (χ0) is 14.4. The van der Waals surface area contributed by atoms with E-state index in [1.54, 1.807) is 4.90 Å². The van der Waals surface area contributed by atoms with E-state index in [9.17, 15) is 14.7 Å². The highest BCUT2D eigenvalue weighted by Gasteiger charge is 2.26. The average molecular weight is 270 g/mol. The minimum atomic E-state index is -0.952. The topological polar surface area (TPSA) is 60.9 Å². The fourth-order valence-corrected chi connectivity index (χ4v) is 2.39. The van der Waals surface area contributed by atoms with E-state index in [1.165, 1.54) is 6.92 Å². The lowest BCUT2D eigenvalue weighted by Crippen LogP contribution is -2.52. The van der Waals surface area contributed by atoms with Crippen LogP contribution < -0.4 is 0 Å². The van der Waals surface area contributed by atoms with Crippen LogP contribution in [0.2, 0.25) is 0 Å². The van der Waals surface area contributed by atoms with Gasteiger partial charge >= 0.3 is 0 Å². The van der Waals surface area contributed by atoms with Gasteiger partial charge < -0.3 is 14.9 Å². The molecule has 5 nitrogen and oxygen atoms in total.